The number of urea groups is 1. The van der Waals surface area contributed by atoms with Crippen molar-refractivity contribution in [2.75, 3.05) is 31.1 Å². The van der Waals surface area contributed by atoms with Gasteiger partial charge in [0.15, 0.2) is 0 Å². The largest absolute Gasteiger partial charge is 0.371 e. The van der Waals surface area contributed by atoms with Gasteiger partial charge in [0.1, 0.15) is 5.65 Å². The van der Waals surface area contributed by atoms with Gasteiger partial charge in [0.05, 0.1) is 11.7 Å². The predicted octanol–water partition coefficient (Wildman–Crippen LogP) is 3.52. The molecule has 2 aliphatic rings. The minimum Gasteiger partial charge on any atom is -0.371 e. The smallest absolute Gasteiger partial charge is 0.317 e. The highest BCUT2D eigenvalue weighted by Crippen LogP contribution is 2.32. The second-order valence-electron chi connectivity index (χ2n) is 8.49. The molecule has 7 heteroatoms. The minimum absolute atomic E-state index is 0.115. The Labute approximate surface area is 170 Å². The van der Waals surface area contributed by atoms with Crippen LogP contribution in [0, 0.1) is 5.92 Å². The highest BCUT2D eigenvalue weighted by Gasteiger charge is 2.26. The molecule has 7 nitrogen and oxygen atoms in total. The Morgan fingerprint density at radius 1 is 1.17 bits per heavy atom. The summed E-state index contributed by atoms with van der Waals surface area (Å²) in [7, 11) is 0. The Morgan fingerprint density at radius 2 is 2.03 bits per heavy atom. The topological polar surface area (TPSA) is 77.2 Å². The van der Waals surface area contributed by atoms with Gasteiger partial charge in [-0.15, -0.1) is 0 Å². The van der Waals surface area contributed by atoms with Crippen molar-refractivity contribution in [1.29, 1.82) is 0 Å². The van der Waals surface area contributed by atoms with Gasteiger partial charge >= 0.3 is 6.03 Å². The Balaban J connectivity index is 1.29. The van der Waals surface area contributed by atoms with E-state index in [4.69, 9.17) is 0 Å². The quantitative estimate of drug-likeness (QED) is 0.700. The van der Waals surface area contributed by atoms with Crippen LogP contribution in [-0.2, 0) is 0 Å². The predicted molar refractivity (Wildman–Crippen MR) is 115 cm³/mol. The maximum Gasteiger partial charge on any atom is 0.317 e. The summed E-state index contributed by atoms with van der Waals surface area (Å²) in [5.41, 5.74) is 3.02. The second-order valence-corrected chi connectivity index (χ2v) is 8.49. The summed E-state index contributed by atoms with van der Waals surface area (Å²) in [4.78, 5) is 29.2. The standard InChI is InChI=1S/C22H28N6O/c1-15-3-2-10-28(14-15)22(29)26-16-6-11-27(12-7-16)19-5-9-23-18-13-25-21-17(20(18)19)4-8-24-21/h4-5,8-9,13,15-16H,2-3,6-7,10-12,14H2,1H3,(H,24,25)(H,26,29). The van der Waals surface area contributed by atoms with Crippen LogP contribution >= 0.6 is 0 Å². The molecule has 2 N–H and O–H groups in total. The first-order valence-electron chi connectivity index (χ1n) is 10.7. The van der Waals surface area contributed by atoms with Gasteiger partial charge in [-0.25, -0.2) is 9.78 Å². The van der Waals surface area contributed by atoms with E-state index in [1.807, 2.05) is 23.5 Å². The third-order valence-electron chi connectivity index (χ3n) is 6.38. The molecule has 3 aromatic rings. The van der Waals surface area contributed by atoms with Gasteiger partial charge < -0.3 is 20.1 Å². The zero-order valence-corrected chi connectivity index (χ0v) is 16.9. The number of pyridine rings is 2. The first kappa shape index (κ1) is 18.2. The van der Waals surface area contributed by atoms with E-state index in [-0.39, 0.29) is 12.1 Å². The third kappa shape index (κ3) is 3.50. The maximum absolute atomic E-state index is 12.6. The number of likely N-dealkylation sites (tertiary alicyclic amines) is 1. The summed E-state index contributed by atoms with van der Waals surface area (Å²) in [5.74, 6) is 0.607. The van der Waals surface area contributed by atoms with Gasteiger partial charge in [-0.05, 0) is 43.7 Å². The monoisotopic (exact) mass is 392 g/mol. The van der Waals surface area contributed by atoms with Crippen LogP contribution in [0.5, 0.6) is 0 Å². The fourth-order valence-electron chi connectivity index (χ4n) is 4.80. The molecule has 1 atom stereocenters. The number of rotatable bonds is 2. The lowest BCUT2D eigenvalue weighted by atomic mass is 10.0. The Kier molecular flexibility index (Phi) is 4.73. The molecule has 0 aliphatic carbocycles. The van der Waals surface area contributed by atoms with E-state index >= 15 is 0 Å². The minimum atomic E-state index is 0.115. The lowest BCUT2D eigenvalue weighted by molar-refractivity contribution is 0.164. The number of H-pyrrole nitrogens is 1. The van der Waals surface area contributed by atoms with Gasteiger partial charge in [-0.1, -0.05) is 6.92 Å². The summed E-state index contributed by atoms with van der Waals surface area (Å²) in [6.07, 6.45) is 9.89. The molecule has 2 saturated heterocycles. The summed E-state index contributed by atoms with van der Waals surface area (Å²) in [6.45, 7) is 5.85. The normalized spacial score (nSPS) is 21.1. The first-order valence-corrected chi connectivity index (χ1v) is 10.7. The molecule has 0 saturated carbocycles. The number of hydrogen-bond acceptors (Lipinski definition) is 4. The van der Waals surface area contributed by atoms with E-state index in [2.05, 4.69) is 44.2 Å². The fourth-order valence-corrected chi connectivity index (χ4v) is 4.80. The van der Waals surface area contributed by atoms with E-state index in [1.54, 1.807) is 0 Å². The van der Waals surface area contributed by atoms with Crippen molar-refractivity contribution in [3.63, 3.8) is 0 Å². The van der Waals surface area contributed by atoms with Crippen molar-refractivity contribution in [2.24, 2.45) is 5.92 Å². The lowest BCUT2D eigenvalue weighted by Crippen LogP contribution is -2.51. The molecular formula is C22H28N6O. The zero-order valence-electron chi connectivity index (χ0n) is 16.9. The summed E-state index contributed by atoms with van der Waals surface area (Å²) in [5, 5.41) is 5.54. The van der Waals surface area contributed by atoms with Gasteiger partial charge in [-0.3, -0.25) is 4.98 Å². The SMILES string of the molecule is CC1CCCN(C(=O)NC2CCN(c3ccnc4cnc5[nH]ccc5c34)CC2)C1. The van der Waals surface area contributed by atoms with Crippen LogP contribution in [0.1, 0.15) is 32.6 Å². The Morgan fingerprint density at radius 3 is 2.86 bits per heavy atom. The molecular weight excluding hydrogens is 364 g/mol. The van der Waals surface area contributed by atoms with Crippen LogP contribution in [0.4, 0.5) is 10.5 Å². The molecule has 1 unspecified atom stereocenters. The number of aromatic nitrogens is 3. The molecule has 0 bridgehead atoms. The van der Waals surface area contributed by atoms with Crippen LogP contribution in [0.2, 0.25) is 0 Å². The van der Waals surface area contributed by atoms with Gasteiger partial charge in [0.25, 0.3) is 0 Å². The fraction of sp³-hybridized carbons (Fsp3) is 0.500. The molecule has 3 aromatic heterocycles. The number of anilines is 1. The second kappa shape index (κ2) is 7.54. The number of nitrogens with zero attached hydrogens (tertiary/aromatic N) is 4. The average Bonchev–Trinajstić information content (AvgIpc) is 3.23. The highest BCUT2D eigenvalue weighted by atomic mass is 16.2. The Hall–Kier alpha value is -2.83. The number of carbonyl (C=O) groups is 1. The molecule has 2 fully saturated rings. The van der Waals surface area contributed by atoms with Crippen molar-refractivity contribution in [2.45, 2.75) is 38.6 Å². The van der Waals surface area contributed by atoms with Crippen molar-refractivity contribution >= 4 is 33.7 Å². The number of hydrogen-bond donors (Lipinski definition) is 2. The lowest BCUT2D eigenvalue weighted by Gasteiger charge is -2.37. The van der Waals surface area contributed by atoms with E-state index in [0.717, 1.165) is 67.4 Å². The van der Waals surface area contributed by atoms with Crippen LogP contribution in [-0.4, -0.2) is 58.1 Å². The zero-order chi connectivity index (χ0) is 19.8. The van der Waals surface area contributed by atoms with Crippen molar-refractivity contribution in [3.05, 3.63) is 30.7 Å². The van der Waals surface area contributed by atoms with E-state index in [9.17, 15) is 4.79 Å². The van der Waals surface area contributed by atoms with Gasteiger partial charge in [0.2, 0.25) is 0 Å². The van der Waals surface area contributed by atoms with Crippen molar-refractivity contribution in [1.82, 2.24) is 25.2 Å². The molecule has 5 rings (SSSR count). The van der Waals surface area contributed by atoms with E-state index < -0.39 is 0 Å². The molecule has 152 valence electrons. The molecule has 2 amide bonds. The third-order valence-corrected chi connectivity index (χ3v) is 6.38. The molecule has 0 radical (unpaired) electrons. The number of carbonyl (C=O) groups excluding carboxylic acids is 1. The van der Waals surface area contributed by atoms with E-state index in [0.29, 0.717) is 5.92 Å². The molecule has 29 heavy (non-hydrogen) atoms. The van der Waals surface area contributed by atoms with Gasteiger partial charge in [-0.2, -0.15) is 0 Å². The van der Waals surface area contributed by atoms with Crippen molar-refractivity contribution < 1.29 is 4.79 Å². The highest BCUT2D eigenvalue weighted by molar-refractivity contribution is 6.09. The number of nitrogens with one attached hydrogen (secondary N) is 2. The number of piperidine rings is 2. The van der Waals surface area contributed by atoms with Crippen LogP contribution < -0.4 is 10.2 Å². The summed E-state index contributed by atoms with van der Waals surface area (Å²) in [6, 6.07) is 4.54. The number of aromatic amines is 1. The Bertz CT molecular complexity index is 1020. The summed E-state index contributed by atoms with van der Waals surface area (Å²) >= 11 is 0. The molecule has 0 spiro atoms. The van der Waals surface area contributed by atoms with Gasteiger partial charge in [0, 0.05) is 61.1 Å². The van der Waals surface area contributed by atoms with Crippen LogP contribution in [0.25, 0.3) is 21.9 Å². The number of fused-ring (bicyclic) bond motifs is 3. The first-order chi connectivity index (χ1) is 14.2. The number of amides is 2. The molecule has 0 aromatic carbocycles. The van der Waals surface area contributed by atoms with Crippen molar-refractivity contribution in [3.8, 4) is 0 Å². The summed E-state index contributed by atoms with van der Waals surface area (Å²) < 4.78 is 0. The molecule has 5 heterocycles. The molecule has 2 aliphatic heterocycles. The average molecular weight is 393 g/mol. The van der Waals surface area contributed by atoms with Crippen LogP contribution in [0.15, 0.2) is 30.7 Å². The van der Waals surface area contributed by atoms with E-state index in [1.165, 1.54) is 12.1 Å². The maximum atomic E-state index is 12.6. The van der Waals surface area contributed by atoms with Crippen LogP contribution in [0.3, 0.4) is 0 Å².